The van der Waals surface area contributed by atoms with E-state index in [1.165, 1.54) is 6.26 Å². The Morgan fingerprint density at radius 3 is 2.77 bits per heavy atom. The van der Waals surface area contributed by atoms with Crippen LogP contribution in [0, 0.1) is 5.92 Å². The van der Waals surface area contributed by atoms with Gasteiger partial charge in [0.2, 0.25) is 5.78 Å². The molecule has 0 radical (unpaired) electrons. The lowest BCUT2D eigenvalue weighted by Crippen LogP contribution is -2.19. The van der Waals surface area contributed by atoms with Crippen LogP contribution in [0.1, 0.15) is 30.8 Å². The SMILES string of the molecule is CC(C)[C@@H](O)CC(=O)c1ccco1. The van der Waals surface area contributed by atoms with Crippen molar-refractivity contribution in [3.63, 3.8) is 0 Å². The summed E-state index contributed by atoms with van der Waals surface area (Å²) in [4.78, 5) is 11.4. The summed E-state index contributed by atoms with van der Waals surface area (Å²) in [6, 6.07) is 3.27. The quantitative estimate of drug-likeness (QED) is 0.723. The molecule has 1 N–H and O–H groups in total. The van der Waals surface area contributed by atoms with Gasteiger partial charge in [-0.1, -0.05) is 13.8 Å². The molecular formula is C10H14O3. The van der Waals surface area contributed by atoms with Gasteiger partial charge in [0, 0.05) is 6.42 Å². The van der Waals surface area contributed by atoms with Crippen LogP contribution in [0.2, 0.25) is 0 Å². The summed E-state index contributed by atoms with van der Waals surface area (Å²) < 4.78 is 4.92. The predicted octanol–water partition coefficient (Wildman–Crippen LogP) is 1.87. The number of hydrogen-bond acceptors (Lipinski definition) is 3. The number of Topliss-reactive ketones (excluding diaryl/α,β-unsaturated/α-hetero) is 1. The van der Waals surface area contributed by atoms with Gasteiger partial charge in [-0.25, -0.2) is 0 Å². The lowest BCUT2D eigenvalue weighted by Gasteiger charge is -2.11. The molecule has 0 saturated heterocycles. The zero-order valence-corrected chi connectivity index (χ0v) is 7.86. The first-order valence-electron chi connectivity index (χ1n) is 4.36. The van der Waals surface area contributed by atoms with Crippen molar-refractivity contribution in [3.8, 4) is 0 Å². The molecule has 0 amide bonds. The van der Waals surface area contributed by atoms with Crippen molar-refractivity contribution in [2.75, 3.05) is 0 Å². The van der Waals surface area contributed by atoms with Crippen LogP contribution >= 0.6 is 0 Å². The zero-order chi connectivity index (χ0) is 9.84. The fourth-order valence-electron chi connectivity index (χ4n) is 0.963. The highest BCUT2D eigenvalue weighted by atomic mass is 16.3. The summed E-state index contributed by atoms with van der Waals surface area (Å²) in [7, 11) is 0. The number of hydrogen-bond donors (Lipinski definition) is 1. The van der Waals surface area contributed by atoms with Gasteiger partial charge in [-0.3, -0.25) is 4.79 Å². The van der Waals surface area contributed by atoms with E-state index in [-0.39, 0.29) is 18.1 Å². The number of aliphatic hydroxyl groups excluding tert-OH is 1. The van der Waals surface area contributed by atoms with E-state index < -0.39 is 6.10 Å². The number of carbonyl (C=O) groups is 1. The molecule has 3 nitrogen and oxygen atoms in total. The summed E-state index contributed by atoms with van der Waals surface area (Å²) in [5.41, 5.74) is 0. The average Bonchev–Trinajstić information content (AvgIpc) is 2.55. The van der Waals surface area contributed by atoms with Crippen LogP contribution in [-0.4, -0.2) is 17.0 Å². The van der Waals surface area contributed by atoms with E-state index >= 15 is 0 Å². The molecule has 1 aromatic heterocycles. The molecule has 0 aliphatic rings. The third-order valence-corrected chi connectivity index (χ3v) is 1.96. The van der Waals surface area contributed by atoms with Crippen LogP contribution in [0.5, 0.6) is 0 Å². The van der Waals surface area contributed by atoms with Crippen LogP contribution in [0.3, 0.4) is 0 Å². The van der Waals surface area contributed by atoms with Crippen LogP contribution < -0.4 is 0 Å². The first-order chi connectivity index (χ1) is 6.11. The van der Waals surface area contributed by atoms with Crippen molar-refractivity contribution >= 4 is 5.78 Å². The van der Waals surface area contributed by atoms with Gasteiger partial charge in [-0.2, -0.15) is 0 Å². The number of furan rings is 1. The van der Waals surface area contributed by atoms with Crippen molar-refractivity contribution < 1.29 is 14.3 Å². The van der Waals surface area contributed by atoms with Gasteiger partial charge in [-0.15, -0.1) is 0 Å². The second-order valence-corrected chi connectivity index (χ2v) is 3.42. The maximum absolute atomic E-state index is 11.4. The average molecular weight is 182 g/mol. The molecule has 13 heavy (non-hydrogen) atoms. The molecule has 0 unspecified atom stereocenters. The minimum atomic E-state index is -0.586. The van der Waals surface area contributed by atoms with Gasteiger partial charge in [0.25, 0.3) is 0 Å². The molecule has 0 aromatic carbocycles. The van der Waals surface area contributed by atoms with Crippen molar-refractivity contribution in [1.29, 1.82) is 0 Å². The summed E-state index contributed by atoms with van der Waals surface area (Å²) in [6.07, 6.45) is 0.998. The molecule has 0 aliphatic heterocycles. The largest absolute Gasteiger partial charge is 0.461 e. The van der Waals surface area contributed by atoms with E-state index in [0.717, 1.165) is 0 Å². The van der Waals surface area contributed by atoms with Crippen molar-refractivity contribution in [3.05, 3.63) is 24.2 Å². The highest BCUT2D eigenvalue weighted by Crippen LogP contribution is 2.11. The highest BCUT2D eigenvalue weighted by Gasteiger charge is 2.17. The third-order valence-electron chi connectivity index (χ3n) is 1.96. The Morgan fingerprint density at radius 2 is 2.31 bits per heavy atom. The minimum absolute atomic E-state index is 0.0962. The van der Waals surface area contributed by atoms with Gasteiger partial charge in [0.15, 0.2) is 5.76 Å². The van der Waals surface area contributed by atoms with E-state index in [9.17, 15) is 9.90 Å². The Kier molecular flexibility index (Phi) is 3.25. The lowest BCUT2D eigenvalue weighted by molar-refractivity contribution is 0.0766. The predicted molar refractivity (Wildman–Crippen MR) is 48.5 cm³/mol. The summed E-state index contributed by atoms with van der Waals surface area (Å²) >= 11 is 0. The molecule has 0 saturated carbocycles. The maximum atomic E-state index is 11.4. The lowest BCUT2D eigenvalue weighted by atomic mass is 10.0. The second kappa shape index (κ2) is 4.23. The Balaban J connectivity index is 2.52. The first kappa shape index (κ1) is 9.99. The molecule has 1 atom stereocenters. The van der Waals surface area contributed by atoms with Crippen molar-refractivity contribution in [1.82, 2.24) is 0 Å². The molecule has 0 fully saturated rings. The van der Waals surface area contributed by atoms with Crippen LogP contribution in [0.4, 0.5) is 0 Å². The molecule has 0 spiro atoms. The van der Waals surface area contributed by atoms with E-state index in [0.29, 0.717) is 5.76 Å². The first-order valence-corrected chi connectivity index (χ1v) is 4.36. The fraction of sp³-hybridized carbons (Fsp3) is 0.500. The highest BCUT2D eigenvalue weighted by molar-refractivity contribution is 5.93. The Hall–Kier alpha value is -1.09. The number of aliphatic hydroxyl groups is 1. The summed E-state index contributed by atoms with van der Waals surface area (Å²) in [5, 5.41) is 9.43. The molecule has 1 heterocycles. The molecule has 1 aromatic rings. The number of ketones is 1. The molecule has 0 aliphatic carbocycles. The van der Waals surface area contributed by atoms with Gasteiger partial charge in [0.1, 0.15) is 0 Å². The number of carbonyl (C=O) groups excluding carboxylic acids is 1. The molecule has 72 valence electrons. The monoisotopic (exact) mass is 182 g/mol. The van der Waals surface area contributed by atoms with Crippen LogP contribution in [-0.2, 0) is 0 Å². The fourth-order valence-corrected chi connectivity index (χ4v) is 0.963. The Morgan fingerprint density at radius 1 is 1.62 bits per heavy atom. The topological polar surface area (TPSA) is 50.4 Å². The maximum Gasteiger partial charge on any atom is 0.200 e. The van der Waals surface area contributed by atoms with Gasteiger partial charge < -0.3 is 9.52 Å². The molecule has 0 bridgehead atoms. The second-order valence-electron chi connectivity index (χ2n) is 3.42. The zero-order valence-electron chi connectivity index (χ0n) is 7.86. The summed E-state index contributed by atoms with van der Waals surface area (Å²) in [6.45, 7) is 3.75. The van der Waals surface area contributed by atoms with E-state index in [2.05, 4.69) is 0 Å². The molecule has 1 rings (SSSR count). The van der Waals surface area contributed by atoms with Gasteiger partial charge in [0.05, 0.1) is 12.4 Å². The van der Waals surface area contributed by atoms with E-state index in [1.54, 1.807) is 12.1 Å². The number of rotatable bonds is 4. The van der Waals surface area contributed by atoms with Crippen molar-refractivity contribution in [2.45, 2.75) is 26.4 Å². The normalized spacial score (nSPS) is 13.2. The van der Waals surface area contributed by atoms with E-state index in [4.69, 9.17) is 4.42 Å². The summed E-state index contributed by atoms with van der Waals surface area (Å²) in [5.74, 6) is 0.268. The molecular weight excluding hydrogens is 168 g/mol. The Labute approximate surface area is 77.4 Å². The standard InChI is InChI=1S/C10H14O3/c1-7(2)8(11)6-9(12)10-4-3-5-13-10/h3-5,7-8,11H,6H2,1-2H3/t8-/m0/s1. The van der Waals surface area contributed by atoms with Crippen molar-refractivity contribution in [2.24, 2.45) is 5.92 Å². The Bertz CT molecular complexity index is 262. The molecule has 3 heteroatoms. The third kappa shape index (κ3) is 2.70. The van der Waals surface area contributed by atoms with E-state index in [1.807, 2.05) is 13.8 Å². The minimum Gasteiger partial charge on any atom is -0.461 e. The van der Waals surface area contributed by atoms with Crippen LogP contribution in [0.25, 0.3) is 0 Å². The van der Waals surface area contributed by atoms with Crippen LogP contribution in [0.15, 0.2) is 22.8 Å². The van der Waals surface area contributed by atoms with Gasteiger partial charge >= 0.3 is 0 Å². The smallest absolute Gasteiger partial charge is 0.200 e. The van der Waals surface area contributed by atoms with Gasteiger partial charge in [-0.05, 0) is 18.1 Å².